The second-order valence-electron chi connectivity index (χ2n) is 7.42. The number of methoxy groups -OCH3 is 1. The van der Waals surface area contributed by atoms with Crippen LogP contribution in [0, 0.1) is 5.41 Å². The highest BCUT2D eigenvalue weighted by Gasteiger charge is 2.27. The van der Waals surface area contributed by atoms with Gasteiger partial charge in [-0.05, 0) is 49.7 Å². The minimum Gasteiger partial charge on any atom is -0.497 e. The first kappa shape index (κ1) is 18.4. The Labute approximate surface area is 164 Å². The first-order chi connectivity index (χ1) is 13.6. The van der Waals surface area contributed by atoms with Crippen LogP contribution in [0.1, 0.15) is 19.8 Å². The van der Waals surface area contributed by atoms with E-state index in [1.54, 1.807) is 13.3 Å². The van der Waals surface area contributed by atoms with Crippen molar-refractivity contribution in [2.24, 2.45) is 5.41 Å². The van der Waals surface area contributed by atoms with Gasteiger partial charge in [-0.15, -0.1) is 0 Å². The smallest absolute Gasteiger partial charge is 0.259 e. The molecule has 1 fully saturated rings. The van der Waals surface area contributed by atoms with Gasteiger partial charge in [-0.25, -0.2) is 4.98 Å². The minimum atomic E-state index is 0.151. The second-order valence-corrected chi connectivity index (χ2v) is 7.42. The summed E-state index contributed by atoms with van der Waals surface area (Å²) in [7, 11) is 1.63. The molecular formula is C21H24N4O3. The van der Waals surface area contributed by atoms with Crippen LogP contribution in [0.4, 0.5) is 0 Å². The van der Waals surface area contributed by atoms with Crippen LogP contribution in [0.3, 0.4) is 0 Å². The Morgan fingerprint density at radius 2 is 1.96 bits per heavy atom. The normalized spacial score (nSPS) is 19.4. The number of rotatable bonds is 6. The monoisotopic (exact) mass is 380 g/mol. The van der Waals surface area contributed by atoms with Crippen LogP contribution in [0.5, 0.6) is 11.6 Å². The maximum absolute atomic E-state index is 5.91. The summed E-state index contributed by atoms with van der Waals surface area (Å²) >= 11 is 0. The van der Waals surface area contributed by atoms with E-state index in [-0.39, 0.29) is 5.41 Å². The van der Waals surface area contributed by atoms with E-state index in [4.69, 9.17) is 14.0 Å². The molecule has 1 saturated heterocycles. The summed E-state index contributed by atoms with van der Waals surface area (Å²) in [6.07, 6.45) is 4.04. The van der Waals surface area contributed by atoms with Crippen molar-refractivity contribution in [3.8, 4) is 34.5 Å². The van der Waals surface area contributed by atoms with Gasteiger partial charge in [-0.3, -0.25) is 0 Å². The van der Waals surface area contributed by atoms with Gasteiger partial charge in [0.25, 0.3) is 5.89 Å². The van der Waals surface area contributed by atoms with Crippen LogP contribution < -0.4 is 14.8 Å². The van der Waals surface area contributed by atoms with Crippen molar-refractivity contribution >= 4 is 0 Å². The predicted molar refractivity (Wildman–Crippen MR) is 105 cm³/mol. The molecule has 0 radical (unpaired) electrons. The topological polar surface area (TPSA) is 82.3 Å². The van der Waals surface area contributed by atoms with Crippen molar-refractivity contribution in [2.75, 3.05) is 26.8 Å². The van der Waals surface area contributed by atoms with E-state index < -0.39 is 0 Å². The highest BCUT2D eigenvalue weighted by Crippen LogP contribution is 2.27. The van der Waals surface area contributed by atoms with E-state index >= 15 is 0 Å². The Morgan fingerprint density at radius 1 is 1.14 bits per heavy atom. The van der Waals surface area contributed by atoms with Crippen LogP contribution in [0.25, 0.3) is 22.8 Å². The third-order valence-electron chi connectivity index (χ3n) is 5.01. The average molecular weight is 380 g/mol. The molecule has 1 aliphatic heterocycles. The van der Waals surface area contributed by atoms with E-state index in [1.807, 2.05) is 36.4 Å². The van der Waals surface area contributed by atoms with Crippen molar-refractivity contribution in [1.29, 1.82) is 0 Å². The number of ether oxygens (including phenoxy) is 2. The molecule has 3 aromatic rings. The summed E-state index contributed by atoms with van der Waals surface area (Å²) in [5, 5.41) is 7.48. The molecule has 7 heteroatoms. The van der Waals surface area contributed by atoms with Crippen LogP contribution in [-0.2, 0) is 0 Å². The first-order valence-corrected chi connectivity index (χ1v) is 9.43. The predicted octanol–water partition coefficient (Wildman–Crippen LogP) is 3.58. The Hall–Kier alpha value is -2.93. The Kier molecular flexibility index (Phi) is 5.25. The molecule has 0 saturated carbocycles. The fourth-order valence-corrected chi connectivity index (χ4v) is 3.28. The van der Waals surface area contributed by atoms with Gasteiger partial charge in [0.05, 0.1) is 19.3 Å². The molecule has 2 aromatic heterocycles. The summed E-state index contributed by atoms with van der Waals surface area (Å²) in [4.78, 5) is 8.85. The first-order valence-electron chi connectivity index (χ1n) is 9.43. The summed E-state index contributed by atoms with van der Waals surface area (Å²) in [5.41, 5.74) is 1.77. The summed E-state index contributed by atoms with van der Waals surface area (Å²) < 4.78 is 16.5. The number of piperidine rings is 1. The van der Waals surface area contributed by atoms with Gasteiger partial charge < -0.3 is 19.3 Å². The van der Waals surface area contributed by atoms with Crippen molar-refractivity contribution in [3.05, 3.63) is 42.6 Å². The molecule has 0 bridgehead atoms. The Bertz CT molecular complexity index is 900. The molecule has 4 rings (SSSR count). The highest BCUT2D eigenvalue weighted by atomic mass is 16.5. The minimum absolute atomic E-state index is 0.151. The lowest BCUT2D eigenvalue weighted by molar-refractivity contribution is 0.125. The van der Waals surface area contributed by atoms with Crippen LogP contribution in [-0.4, -0.2) is 41.9 Å². The summed E-state index contributed by atoms with van der Waals surface area (Å²) in [5.74, 6) is 2.33. The second kappa shape index (κ2) is 7.98. The third kappa shape index (κ3) is 4.14. The molecule has 7 nitrogen and oxygen atoms in total. The van der Waals surface area contributed by atoms with Gasteiger partial charge in [-0.2, -0.15) is 4.98 Å². The van der Waals surface area contributed by atoms with Gasteiger partial charge in [-0.1, -0.05) is 12.1 Å². The molecule has 1 unspecified atom stereocenters. The summed E-state index contributed by atoms with van der Waals surface area (Å²) in [6.45, 7) is 4.95. The van der Waals surface area contributed by atoms with E-state index in [0.717, 1.165) is 36.4 Å². The number of nitrogens with one attached hydrogen (secondary N) is 1. The molecular weight excluding hydrogens is 356 g/mol. The molecule has 1 aliphatic rings. The number of nitrogens with zero attached hydrogens (tertiary/aromatic N) is 3. The lowest BCUT2D eigenvalue weighted by Crippen LogP contribution is -2.41. The van der Waals surface area contributed by atoms with E-state index in [1.165, 1.54) is 6.42 Å². The van der Waals surface area contributed by atoms with Crippen LogP contribution in [0.2, 0.25) is 0 Å². The zero-order valence-corrected chi connectivity index (χ0v) is 16.1. The molecule has 0 aliphatic carbocycles. The SMILES string of the molecule is COc1ccc(-c2noc(-c3ccc(OCC4(C)CCCNC4)nc3)n2)cc1. The standard InChI is InChI=1S/C21H24N4O3/c1-21(10-3-11-22-13-21)14-27-18-9-6-16(12-23-18)20-24-19(25-28-20)15-4-7-17(26-2)8-5-15/h4-9,12,22H,3,10-11,13-14H2,1-2H3. The Balaban J connectivity index is 1.41. The van der Waals surface area contributed by atoms with E-state index in [9.17, 15) is 0 Å². The van der Waals surface area contributed by atoms with Crippen molar-refractivity contribution in [1.82, 2.24) is 20.4 Å². The number of pyridine rings is 1. The van der Waals surface area contributed by atoms with Gasteiger partial charge in [0, 0.05) is 29.8 Å². The van der Waals surface area contributed by atoms with Crippen LogP contribution >= 0.6 is 0 Å². The van der Waals surface area contributed by atoms with Crippen molar-refractivity contribution in [3.63, 3.8) is 0 Å². The maximum Gasteiger partial charge on any atom is 0.259 e. The molecule has 0 amide bonds. The van der Waals surface area contributed by atoms with Crippen molar-refractivity contribution < 1.29 is 14.0 Å². The summed E-state index contributed by atoms with van der Waals surface area (Å²) in [6, 6.07) is 11.2. The zero-order valence-electron chi connectivity index (χ0n) is 16.1. The number of hydrogen-bond donors (Lipinski definition) is 1. The van der Waals surface area contributed by atoms with Gasteiger partial charge in [0.1, 0.15) is 5.75 Å². The fraction of sp³-hybridized carbons (Fsp3) is 0.381. The van der Waals surface area contributed by atoms with Gasteiger partial charge in [0.2, 0.25) is 11.7 Å². The molecule has 28 heavy (non-hydrogen) atoms. The van der Waals surface area contributed by atoms with Crippen molar-refractivity contribution in [2.45, 2.75) is 19.8 Å². The number of aromatic nitrogens is 3. The fourth-order valence-electron chi connectivity index (χ4n) is 3.28. The molecule has 3 heterocycles. The quantitative estimate of drug-likeness (QED) is 0.700. The van der Waals surface area contributed by atoms with Gasteiger partial charge in [0.15, 0.2) is 0 Å². The van der Waals surface area contributed by atoms with Crippen LogP contribution in [0.15, 0.2) is 47.1 Å². The van der Waals surface area contributed by atoms with E-state index in [0.29, 0.717) is 24.2 Å². The number of benzene rings is 1. The lowest BCUT2D eigenvalue weighted by atomic mass is 9.84. The average Bonchev–Trinajstić information content (AvgIpc) is 3.24. The van der Waals surface area contributed by atoms with Gasteiger partial charge >= 0.3 is 0 Å². The molecule has 1 aromatic carbocycles. The van der Waals surface area contributed by atoms with E-state index in [2.05, 4.69) is 27.4 Å². The largest absolute Gasteiger partial charge is 0.497 e. The molecule has 1 N–H and O–H groups in total. The zero-order chi connectivity index (χ0) is 19.4. The third-order valence-corrected chi connectivity index (χ3v) is 5.01. The Morgan fingerprint density at radius 3 is 2.64 bits per heavy atom. The molecule has 146 valence electrons. The maximum atomic E-state index is 5.91. The molecule has 1 atom stereocenters. The molecule has 0 spiro atoms. The highest BCUT2D eigenvalue weighted by molar-refractivity contribution is 5.60. The number of hydrogen-bond acceptors (Lipinski definition) is 7. The lowest BCUT2D eigenvalue weighted by Gasteiger charge is -2.33.